The van der Waals surface area contributed by atoms with E-state index in [1.54, 1.807) is 12.1 Å². The summed E-state index contributed by atoms with van der Waals surface area (Å²) in [5.41, 5.74) is 1.52. The van der Waals surface area contributed by atoms with E-state index in [0.717, 1.165) is 10.0 Å². The summed E-state index contributed by atoms with van der Waals surface area (Å²) < 4.78 is 0.985. The molecule has 98 valence electrons. The van der Waals surface area contributed by atoms with Crippen LogP contribution in [0.1, 0.15) is 28.9 Å². The Kier molecular flexibility index (Phi) is 4.56. The molecule has 1 heterocycles. The van der Waals surface area contributed by atoms with Crippen molar-refractivity contribution in [3.63, 3.8) is 0 Å². The Balaban J connectivity index is 2.08. The van der Waals surface area contributed by atoms with E-state index in [2.05, 4.69) is 26.2 Å². The van der Waals surface area contributed by atoms with Crippen molar-refractivity contribution in [2.45, 2.75) is 13.0 Å². The maximum atomic E-state index is 12.0. The predicted octanol–water partition coefficient (Wildman–Crippen LogP) is 3.99. The number of carbonyl (C=O) groups excluding carboxylic acids is 1. The first-order valence-corrected chi connectivity index (χ1v) is 6.91. The average Bonchev–Trinajstić information content (AvgIpc) is 2.39. The monoisotopic (exact) mass is 338 g/mol. The van der Waals surface area contributed by atoms with Crippen LogP contribution in [-0.2, 0) is 0 Å². The van der Waals surface area contributed by atoms with Crippen LogP contribution < -0.4 is 5.32 Å². The second-order valence-corrected chi connectivity index (χ2v) is 5.42. The molecule has 5 heteroatoms. The molecule has 1 aromatic heterocycles. The van der Waals surface area contributed by atoms with Gasteiger partial charge in [0.2, 0.25) is 0 Å². The van der Waals surface area contributed by atoms with E-state index in [1.807, 2.05) is 31.2 Å². The average molecular weight is 340 g/mol. The molecule has 0 aliphatic carbocycles. The van der Waals surface area contributed by atoms with Gasteiger partial charge in [-0.1, -0.05) is 39.7 Å². The molecule has 0 spiro atoms. The lowest BCUT2D eigenvalue weighted by Gasteiger charge is -2.14. The number of rotatable bonds is 3. The van der Waals surface area contributed by atoms with Crippen molar-refractivity contribution in [3.8, 4) is 0 Å². The van der Waals surface area contributed by atoms with E-state index in [-0.39, 0.29) is 11.9 Å². The van der Waals surface area contributed by atoms with Crippen LogP contribution in [0.2, 0.25) is 5.15 Å². The molecular weight excluding hydrogens is 328 g/mol. The van der Waals surface area contributed by atoms with Gasteiger partial charge in [0.15, 0.2) is 0 Å². The Morgan fingerprint density at radius 3 is 2.79 bits per heavy atom. The van der Waals surface area contributed by atoms with Crippen LogP contribution in [-0.4, -0.2) is 10.9 Å². The second kappa shape index (κ2) is 6.17. The topological polar surface area (TPSA) is 42.0 Å². The van der Waals surface area contributed by atoms with Crippen LogP contribution in [0, 0.1) is 0 Å². The molecule has 1 unspecified atom stereocenters. The summed E-state index contributed by atoms with van der Waals surface area (Å²) in [6, 6.07) is 11.0. The van der Waals surface area contributed by atoms with Gasteiger partial charge in [0, 0.05) is 10.7 Å². The minimum atomic E-state index is -0.170. The number of benzene rings is 1. The Labute approximate surface area is 125 Å². The van der Waals surface area contributed by atoms with Crippen molar-refractivity contribution in [2.24, 2.45) is 0 Å². The number of amides is 1. The first kappa shape index (κ1) is 14.0. The van der Waals surface area contributed by atoms with E-state index in [0.29, 0.717) is 10.7 Å². The Morgan fingerprint density at radius 1 is 1.37 bits per heavy atom. The van der Waals surface area contributed by atoms with Crippen LogP contribution in [0.15, 0.2) is 47.1 Å². The molecule has 19 heavy (non-hydrogen) atoms. The summed E-state index contributed by atoms with van der Waals surface area (Å²) in [5, 5.41) is 3.29. The van der Waals surface area contributed by atoms with Gasteiger partial charge >= 0.3 is 0 Å². The van der Waals surface area contributed by atoms with Crippen molar-refractivity contribution in [3.05, 3.63) is 63.3 Å². The van der Waals surface area contributed by atoms with Gasteiger partial charge in [0.25, 0.3) is 5.91 Å². The van der Waals surface area contributed by atoms with Gasteiger partial charge in [0.1, 0.15) is 5.15 Å². The molecule has 0 fully saturated rings. The predicted molar refractivity (Wildman–Crippen MR) is 79.3 cm³/mol. The summed E-state index contributed by atoms with van der Waals surface area (Å²) in [6.07, 6.45) is 1.46. The number of carbonyl (C=O) groups is 1. The second-order valence-electron chi connectivity index (χ2n) is 4.12. The van der Waals surface area contributed by atoms with Crippen LogP contribution >= 0.6 is 27.5 Å². The fraction of sp³-hybridized carbons (Fsp3) is 0.143. The van der Waals surface area contributed by atoms with Gasteiger partial charge in [-0.25, -0.2) is 4.98 Å². The van der Waals surface area contributed by atoms with Gasteiger partial charge < -0.3 is 5.32 Å². The third-order valence-corrected chi connectivity index (χ3v) is 3.40. The van der Waals surface area contributed by atoms with Gasteiger partial charge in [-0.15, -0.1) is 0 Å². The van der Waals surface area contributed by atoms with E-state index in [1.165, 1.54) is 6.20 Å². The first-order chi connectivity index (χ1) is 9.06. The maximum absolute atomic E-state index is 12.0. The number of halogens is 2. The first-order valence-electron chi connectivity index (χ1n) is 5.74. The van der Waals surface area contributed by atoms with Crippen LogP contribution in [0.3, 0.4) is 0 Å². The molecule has 0 saturated carbocycles. The molecule has 0 aliphatic heterocycles. The SMILES string of the molecule is CC(NC(=O)c1ccc(Cl)nc1)c1cccc(Br)c1. The third kappa shape index (κ3) is 3.78. The van der Waals surface area contributed by atoms with Crippen LogP contribution in [0.25, 0.3) is 0 Å². The molecule has 1 atom stereocenters. The van der Waals surface area contributed by atoms with Crippen molar-refractivity contribution < 1.29 is 4.79 Å². The molecule has 1 amide bonds. The van der Waals surface area contributed by atoms with E-state index in [9.17, 15) is 4.79 Å². The highest BCUT2D eigenvalue weighted by Crippen LogP contribution is 2.18. The number of nitrogens with zero attached hydrogens (tertiary/aromatic N) is 1. The van der Waals surface area contributed by atoms with E-state index >= 15 is 0 Å². The fourth-order valence-electron chi connectivity index (χ4n) is 1.65. The zero-order valence-electron chi connectivity index (χ0n) is 10.2. The lowest BCUT2D eigenvalue weighted by atomic mass is 10.1. The largest absolute Gasteiger partial charge is 0.345 e. The standard InChI is InChI=1S/C14H12BrClN2O/c1-9(10-3-2-4-12(15)7-10)18-14(19)11-5-6-13(16)17-8-11/h2-9H,1H3,(H,18,19). The number of pyridine rings is 1. The fourth-order valence-corrected chi connectivity index (χ4v) is 2.18. The quantitative estimate of drug-likeness (QED) is 0.859. The Morgan fingerprint density at radius 2 is 2.16 bits per heavy atom. The lowest BCUT2D eigenvalue weighted by Crippen LogP contribution is -2.26. The number of hydrogen-bond donors (Lipinski definition) is 1. The molecule has 1 N–H and O–H groups in total. The number of nitrogens with one attached hydrogen (secondary N) is 1. The van der Waals surface area contributed by atoms with Crippen molar-refractivity contribution in [1.82, 2.24) is 10.3 Å². The van der Waals surface area contributed by atoms with E-state index < -0.39 is 0 Å². The van der Waals surface area contributed by atoms with E-state index in [4.69, 9.17) is 11.6 Å². The molecular formula is C14H12BrClN2O. The summed E-state index contributed by atoms with van der Waals surface area (Å²) in [7, 11) is 0. The lowest BCUT2D eigenvalue weighted by molar-refractivity contribution is 0.0939. The maximum Gasteiger partial charge on any atom is 0.253 e. The molecule has 2 rings (SSSR count). The molecule has 0 radical (unpaired) electrons. The Hall–Kier alpha value is -1.39. The highest BCUT2D eigenvalue weighted by molar-refractivity contribution is 9.10. The summed E-state index contributed by atoms with van der Waals surface area (Å²) in [5.74, 6) is -0.170. The van der Waals surface area contributed by atoms with Crippen LogP contribution in [0.4, 0.5) is 0 Å². The van der Waals surface area contributed by atoms with Gasteiger partial charge in [-0.3, -0.25) is 4.79 Å². The van der Waals surface area contributed by atoms with Crippen LogP contribution in [0.5, 0.6) is 0 Å². The summed E-state index contributed by atoms with van der Waals surface area (Å²) in [6.45, 7) is 1.93. The molecule has 0 bridgehead atoms. The zero-order valence-corrected chi connectivity index (χ0v) is 12.6. The summed E-state index contributed by atoms with van der Waals surface area (Å²) >= 11 is 9.10. The minimum absolute atomic E-state index is 0.0827. The third-order valence-electron chi connectivity index (χ3n) is 2.69. The molecule has 3 nitrogen and oxygen atoms in total. The zero-order chi connectivity index (χ0) is 13.8. The van der Waals surface area contributed by atoms with Gasteiger partial charge in [-0.2, -0.15) is 0 Å². The molecule has 0 saturated heterocycles. The highest BCUT2D eigenvalue weighted by Gasteiger charge is 2.11. The molecule has 1 aromatic carbocycles. The van der Waals surface area contributed by atoms with Crippen molar-refractivity contribution in [1.29, 1.82) is 0 Å². The smallest absolute Gasteiger partial charge is 0.253 e. The molecule has 0 aliphatic rings. The number of hydrogen-bond acceptors (Lipinski definition) is 2. The van der Waals surface area contributed by atoms with Gasteiger partial charge in [0.05, 0.1) is 11.6 Å². The normalized spacial score (nSPS) is 11.9. The van der Waals surface area contributed by atoms with Crippen molar-refractivity contribution in [2.75, 3.05) is 0 Å². The molecule has 2 aromatic rings. The highest BCUT2D eigenvalue weighted by atomic mass is 79.9. The van der Waals surface area contributed by atoms with Crippen molar-refractivity contribution >= 4 is 33.4 Å². The minimum Gasteiger partial charge on any atom is -0.345 e. The van der Waals surface area contributed by atoms with Gasteiger partial charge in [-0.05, 0) is 36.8 Å². The Bertz CT molecular complexity index is 586. The number of aromatic nitrogens is 1. The summed E-state index contributed by atoms with van der Waals surface area (Å²) in [4.78, 5) is 15.9.